The van der Waals surface area contributed by atoms with E-state index in [1.54, 1.807) is 42.5 Å². The Balaban J connectivity index is 2.40. The number of hydrogen-bond donors (Lipinski definition) is 0. The molecule has 0 aliphatic heterocycles. The van der Waals surface area contributed by atoms with Crippen molar-refractivity contribution in [1.82, 2.24) is 9.78 Å². The van der Waals surface area contributed by atoms with Crippen molar-refractivity contribution >= 4 is 35.1 Å². The van der Waals surface area contributed by atoms with E-state index in [1.807, 2.05) is 6.07 Å². The van der Waals surface area contributed by atoms with Crippen LogP contribution in [0, 0.1) is 0 Å². The van der Waals surface area contributed by atoms with Gasteiger partial charge in [-0.25, -0.2) is 14.3 Å². The number of ether oxygens (including phenoxy) is 2. The molecule has 0 unspecified atom stereocenters. The fourth-order valence-electron chi connectivity index (χ4n) is 2.62. The number of carbonyl (C=O) groups excluding carboxylic acids is 2. The lowest BCUT2D eigenvalue weighted by molar-refractivity contribution is 0.0549. The highest BCUT2D eigenvalue weighted by atomic mass is 35.5. The summed E-state index contributed by atoms with van der Waals surface area (Å²) in [6.07, 6.45) is 0. The van der Waals surface area contributed by atoms with Crippen LogP contribution in [-0.4, -0.2) is 35.9 Å². The number of para-hydroxylation sites is 1. The second-order valence-corrected chi connectivity index (χ2v) is 6.27. The van der Waals surface area contributed by atoms with E-state index in [0.717, 1.165) is 0 Å². The van der Waals surface area contributed by atoms with Crippen molar-refractivity contribution in [2.24, 2.45) is 0 Å². The van der Waals surface area contributed by atoms with Crippen LogP contribution < -0.4 is 0 Å². The van der Waals surface area contributed by atoms with Crippen molar-refractivity contribution < 1.29 is 19.1 Å². The fraction of sp³-hybridized carbons (Fsp3) is 0.105. The molecule has 6 nitrogen and oxygen atoms in total. The Bertz CT molecular complexity index is 1020. The first-order valence-corrected chi connectivity index (χ1v) is 8.54. The monoisotopic (exact) mass is 404 g/mol. The van der Waals surface area contributed by atoms with Crippen molar-refractivity contribution in [3.05, 3.63) is 69.8 Å². The summed E-state index contributed by atoms with van der Waals surface area (Å²) in [4.78, 5) is 25.0. The first kappa shape index (κ1) is 18.9. The molecule has 8 heteroatoms. The van der Waals surface area contributed by atoms with Crippen molar-refractivity contribution in [2.45, 2.75) is 0 Å². The Morgan fingerprint density at radius 3 is 2.26 bits per heavy atom. The molecule has 0 aliphatic carbocycles. The van der Waals surface area contributed by atoms with Gasteiger partial charge in [-0.05, 0) is 30.3 Å². The van der Waals surface area contributed by atoms with Crippen molar-refractivity contribution in [3.8, 4) is 16.9 Å². The average molecular weight is 405 g/mol. The van der Waals surface area contributed by atoms with Gasteiger partial charge < -0.3 is 9.47 Å². The zero-order valence-electron chi connectivity index (χ0n) is 14.4. The van der Waals surface area contributed by atoms with Gasteiger partial charge in [0, 0.05) is 10.6 Å². The SMILES string of the molecule is COC(=O)c1c(-c2cc(Cl)ccc2Cl)nn(-c2ccccc2)c1C(=O)OC. The molecule has 1 heterocycles. The van der Waals surface area contributed by atoms with Gasteiger partial charge in [-0.2, -0.15) is 5.10 Å². The largest absolute Gasteiger partial charge is 0.465 e. The summed E-state index contributed by atoms with van der Waals surface area (Å²) in [6.45, 7) is 0. The van der Waals surface area contributed by atoms with Gasteiger partial charge in [0.15, 0.2) is 5.69 Å². The molecule has 1 aromatic heterocycles. The first-order chi connectivity index (χ1) is 13.0. The van der Waals surface area contributed by atoms with Crippen molar-refractivity contribution in [3.63, 3.8) is 0 Å². The lowest BCUT2D eigenvalue weighted by Crippen LogP contribution is -2.15. The summed E-state index contributed by atoms with van der Waals surface area (Å²) in [5, 5.41) is 5.18. The molecule has 2 aromatic carbocycles. The Kier molecular flexibility index (Phi) is 5.48. The van der Waals surface area contributed by atoms with E-state index in [1.165, 1.54) is 18.9 Å². The van der Waals surface area contributed by atoms with Gasteiger partial charge in [-0.3, -0.25) is 0 Å². The predicted molar refractivity (Wildman–Crippen MR) is 102 cm³/mol. The van der Waals surface area contributed by atoms with E-state index in [-0.39, 0.29) is 17.0 Å². The first-order valence-electron chi connectivity index (χ1n) is 7.78. The van der Waals surface area contributed by atoms with Gasteiger partial charge in [-0.15, -0.1) is 0 Å². The van der Waals surface area contributed by atoms with E-state index in [9.17, 15) is 9.59 Å². The van der Waals surface area contributed by atoms with Gasteiger partial charge in [0.1, 0.15) is 11.3 Å². The maximum absolute atomic E-state index is 12.5. The highest BCUT2D eigenvalue weighted by Gasteiger charge is 2.32. The van der Waals surface area contributed by atoms with Crippen LogP contribution in [0.1, 0.15) is 20.8 Å². The highest BCUT2D eigenvalue weighted by Crippen LogP contribution is 2.35. The summed E-state index contributed by atoms with van der Waals surface area (Å²) in [5.41, 5.74) is 0.995. The quantitative estimate of drug-likeness (QED) is 0.601. The summed E-state index contributed by atoms with van der Waals surface area (Å²) < 4.78 is 11.1. The molecule has 0 bridgehead atoms. The van der Waals surface area contributed by atoms with Crippen LogP contribution in [0.4, 0.5) is 0 Å². The van der Waals surface area contributed by atoms with Crippen LogP contribution in [0.15, 0.2) is 48.5 Å². The summed E-state index contributed by atoms with van der Waals surface area (Å²) >= 11 is 12.4. The number of methoxy groups -OCH3 is 2. The molecule has 0 N–H and O–H groups in total. The number of esters is 2. The third-order valence-corrected chi connectivity index (χ3v) is 4.40. The normalized spacial score (nSPS) is 10.5. The van der Waals surface area contributed by atoms with E-state index in [2.05, 4.69) is 5.10 Å². The van der Waals surface area contributed by atoms with Crippen LogP contribution in [0.2, 0.25) is 10.0 Å². The molecular weight excluding hydrogens is 391 g/mol. The maximum Gasteiger partial charge on any atom is 0.357 e. The van der Waals surface area contributed by atoms with Gasteiger partial charge in [0.2, 0.25) is 0 Å². The second-order valence-electron chi connectivity index (χ2n) is 5.43. The van der Waals surface area contributed by atoms with Gasteiger partial charge >= 0.3 is 11.9 Å². The lowest BCUT2D eigenvalue weighted by Gasteiger charge is -2.07. The smallest absolute Gasteiger partial charge is 0.357 e. The van der Waals surface area contributed by atoms with Gasteiger partial charge in [0.05, 0.1) is 24.9 Å². The molecule has 3 rings (SSSR count). The van der Waals surface area contributed by atoms with Gasteiger partial charge in [-0.1, -0.05) is 41.4 Å². The minimum atomic E-state index is -0.747. The van der Waals surface area contributed by atoms with E-state index >= 15 is 0 Å². The molecule has 0 saturated carbocycles. The molecule has 0 atom stereocenters. The Morgan fingerprint density at radius 2 is 1.63 bits per heavy atom. The van der Waals surface area contributed by atoms with Crippen molar-refractivity contribution in [1.29, 1.82) is 0 Å². The van der Waals surface area contributed by atoms with E-state index in [4.69, 9.17) is 32.7 Å². The topological polar surface area (TPSA) is 70.4 Å². The number of carbonyl (C=O) groups is 2. The molecule has 27 heavy (non-hydrogen) atoms. The fourth-order valence-corrected chi connectivity index (χ4v) is 3.00. The van der Waals surface area contributed by atoms with Crippen LogP contribution in [0.25, 0.3) is 16.9 Å². The van der Waals surface area contributed by atoms with Crippen LogP contribution in [0.5, 0.6) is 0 Å². The maximum atomic E-state index is 12.5. The zero-order valence-corrected chi connectivity index (χ0v) is 15.9. The molecule has 3 aromatic rings. The standard InChI is InChI=1S/C19H14Cl2N2O4/c1-26-18(24)15-16(13-10-11(20)8-9-14(13)21)22-23(17(15)19(25)27-2)12-6-4-3-5-7-12/h3-10H,1-2H3. The zero-order chi connectivity index (χ0) is 19.6. The number of rotatable bonds is 4. The van der Waals surface area contributed by atoms with E-state index < -0.39 is 11.9 Å². The summed E-state index contributed by atoms with van der Waals surface area (Å²) in [7, 11) is 2.43. The molecule has 0 amide bonds. The molecule has 138 valence electrons. The van der Waals surface area contributed by atoms with Crippen molar-refractivity contribution in [2.75, 3.05) is 14.2 Å². The molecule has 0 saturated heterocycles. The number of hydrogen-bond acceptors (Lipinski definition) is 5. The predicted octanol–water partition coefficient (Wildman–Crippen LogP) is 4.42. The van der Waals surface area contributed by atoms with Crippen LogP contribution in [-0.2, 0) is 9.47 Å². The van der Waals surface area contributed by atoms with Gasteiger partial charge in [0.25, 0.3) is 0 Å². The number of halogens is 2. The lowest BCUT2D eigenvalue weighted by atomic mass is 10.1. The number of aromatic nitrogens is 2. The Labute approximate surface area is 165 Å². The second kappa shape index (κ2) is 7.82. The highest BCUT2D eigenvalue weighted by molar-refractivity contribution is 6.35. The minimum Gasteiger partial charge on any atom is -0.465 e. The number of benzene rings is 2. The molecule has 0 fully saturated rings. The Hall–Kier alpha value is -2.83. The Morgan fingerprint density at radius 1 is 0.963 bits per heavy atom. The average Bonchev–Trinajstić information content (AvgIpc) is 3.09. The van der Waals surface area contributed by atoms with Crippen LogP contribution >= 0.6 is 23.2 Å². The molecular formula is C19H14Cl2N2O4. The summed E-state index contributed by atoms with van der Waals surface area (Å²) in [6, 6.07) is 13.6. The summed E-state index contributed by atoms with van der Waals surface area (Å²) in [5.74, 6) is -1.49. The molecule has 0 spiro atoms. The van der Waals surface area contributed by atoms with Crippen LogP contribution in [0.3, 0.4) is 0 Å². The molecule has 0 aliphatic rings. The third kappa shape index (κ3) is 3.54. The minimum absolute atomic E-state index is 0.0580. The third-order valence-electron chi connectivity index (χ3n) is 3.84. The number of nitrogens with zero attached hydrogens (tertiary/aromatic N) is 2. The molecule has 0 radical (unpaired) electrons. The van der Waals surface area contributed by atoms with E-state index in [0.29, 0.717) is 21.3 Å².